The Morgan fingerprint density at radius 1 is 1.17 bits per heavy atom. The molecular weight excluding hydrogens is 380 g/mol. The molecule has 0 radical (unpaired) electrons. The van der Waals surface area contributed by atoms with E-state index in [1.54, 1.807) is 11.8 Å². The van der Waals surface area contributed by atoms with E-state index < -0.39 is 18.0 Å². The molecule has 2 atom stereocenters. The minimum Gasteiger partial charge on any atom is -0.452 e. The van der Waals surface area contributed by atoms with Crippen molar-refractivity contribution in [3.8, 4) is 0 Å². The van der Waals surface area contributed by atoms with Crippen LogP contribution in [-0.2, 0) is 32.1 Å². The number of anilines is 1. The number of benzene rings is 2. The lowest BCUT2D eigenvalue weighted by Gasteiger charge is -2.19. The number of carbonyl (C=O) groups is 3. The second-order valence-electron chi connectivity index (χ2n) is 7.69. The Morgan fingerprint density at radius 2 is 1.90 bits per heavy atom. The van der Waals surface area contributed by atoms with E-state index >= 15 is 0 Å². The third-order valence-electron chi connectivity index (χ3n) is 5.41. The van der Waals surface area contributed by atoms with Gasteiger partial charge in [-0.2, -0.15) is 0 Å². The van der Waals surface area contributed by atoms with Crippen molar-refractivity contribution in [3.63, 3.8) is 0 Å². The van der Waals surface area contributed by atoms with Crippen LogP contribution in [0.5, 0.6) is 0 Å². The van der Waals surface area contributed by atoms with Crippen molar-refractivity contribution in [3.05, 3.63) is 65.2 Å². The van der Waals surface area contributed by atoms with Crippen LogP contribution in [0.15, 0.2) is 48.5 Å². The summed E-state index contributed by atoms with van der Waals surface area (Å²) in [5, 5.41) is 2.88. The van der Waals surface area contributed by atoms with Crippen LogP contribution < -0.4 is 5.32 Å². The first-order valence-electron chi connectivity index (χ1n) is 10.3. The number of aryl methyl sites for hydroxylation is 2. The maximum Gasteiger partial charge on any atom is 0.312 e. The molecule has 0 bridgehead atoms. The van der Waals surface area contributed by atoms with E-state index in [1.807, 2.05) is 62.4 Å². The van der Waals surface area contributed by atoms with Crippen molar-refractivity contribution in [2.45, 2.75) is 46.3 Å². The number of nitrogens with zero attached hydrogens (tertiary/aromatic N) is 1. The van der Waals surface area contributed by atoms with Crippen LogP contribution in [0.3, 0.4) is 0 Å². The van der Waals surface area contributed by atoms with Crippen LogP contribution in [0, 0.1) is 12.8 Å². The smallest absolute Gasteiger partial charge is 0.312 e. The lowest BCUT2D eigenvalue weighted by Crippen LogP contribution is -2.33. The van der Waals surface area contributed by atoms with Crippen LogP contribution in [0.4, 0.5) is 5.69 Å². The van der Waals surface area contributed by atoms with Gasteiger partial charge in [-0.15, -0.1) is 0 Å². The van der Waals surface area contributed by atoms with Gasteiger partial charge in [0.15, 0.2) is 6.10 Å². The lowest BCUT2D eigenvalue weighted by atomic mass is 10.1. The summed E-state index contributed by atoms with van der Waals surface area (Å²) in [5.74, 6) is -1.52. The molecule has 0 saturated carbocycles. The largest absolute Gasteiger partial charge is 0.452 e. The quantitative estimate of drug-likeness (QED) is 0.712. The zero-order valence-electron chi connectivity index (χ0n) is 17.7. The maximum atomic E-state index is 12.6. The fourth-order valence-electron chi connectivity index (χ4n) is 3.64. The summed E-state index contributed by atoms with van der Waals surface area (Å²) in [5.41, 5.74) is 3.76. The number of hydrogen-bond acceptors (Lipinski definition) is 4. The van der Waals surface area contributed by atoms with Gasteiger partial charge in [0.2, 0.25) is 5.91 Å². The zero-order valence-corrected chi connectivity index (χ0v) is 17.7. The van der Waals surface area contributed by atoms with Gasteiger partial charge in [-0.05, 0) is 37.0 Å². The molecule has 3 rings (SSSR count). The van der Waals surface area contributed by atoms with Gasteiger partial charge < -0.3 is 15.0 Å². The molecule has 1 fully saturated rings. The molecule has 2 amide bonds. The number of amides is 2. The van der Waals surface area contributed by atoms with E-state index in [2.05, 4.69) is 5.32 Å². The summed E-state index contributed by atoms with van der Waals surface area (Å²) in [6.07, 6.45) is -0.0508. The summed E-state index contributed by atoms with van der Waals surface area (Å²) in [6.45, 7) is 6.27. The van der Waals surface area contributed by atoms with E-state index in [4.69, 9.17) is 4.74 Å². The summed E-state index contributed by atoms with van der Waals surface area (Å²) >= 11 is 0. The van der Waals surface area contributed by atoms with Gasteiger partial charge in [0, 0.05) is 25.2 Å². The predicted molar refractivity (Wildman–Crippen MR) is 115 cm³/mol. The Kier molecular flexibility index (Phi) is 6.87. The molecule has 158 valence electrons. The molecule has 0 unspecified atom stereocenters. The van der Waals surface area contributed by atoms with Crippen molar-refractivity contribution in [1.29, 1.82) is 0 Å². The number of rotatable bonds is 7. The van der Waals surface area contributed by atoms with E-state index in [-0.39, 0.29) is 18.2 Å². The summed E-state index contributed by atoms with van der Waals surface area (Å²) in [4.78, 5) is 39.1. The molecule has 1 aliphatic heterocycles. The molecule has 1 N–H and O–H groups in total. The van der Waals surface area contributed by atoms with Crippen LogP contribution in [0.1, 0.15) is 37.0 Å². The molecule has 1 saturated heterocycles. The maximum absolute atomic E-state index is 12.6. The fourth-order valence-corrected chi connectivity index (χ4v) is 3.64. The second-order valence-corrected chi connectivity index (χ2v) is 7.69. The molecule has 6 heteroatoms. The zero-order chi connectivity index (χ0) is 21.7. The average molecular weight is 408 g/mol. The third-order valence-corrected chi connectivity index (χ3v) is 5.41. The lowest BCUT2D eigenvalue weighted by molar-refractivity contribution is -0.157. The molecular formula is C24H28N2O4. The number of nitrogens with one attached hydrogen (secondary N) is 1. The SMILES string of the molecule is CCc1cccc(C)c1NC(=O)[C@@H](C)OC(=O)[C@H]1CC(=O)N(Cc2ccccc2)C1. The van der Waals surface area contributed by atoms with Crippen LogP contribution in [0.25, 0.3) is 0 Å². The highest BCUT2D eigenvalue weighted by Crippen LogP contribution is 2.23. The highest BCUT2D eigenvalue weighted by atomic mass is 16.5. The van der Waals surface area contributed by atoms with Gasteiger partial charge in [-0.3, -0.25) is 14.4 Å². The normalized spacial score (nSPS) is 17.0. The minimum atomic E-state index is -0.944. The van der Waals surface area contributed by atoms with Gasteiger partial charge in [0.05, 0.1) is 5.92 Å². The highest BCUT2D eigenvalue weighted by Gasteiger charge is 2.36. The molecule has 0 aromatic heterocycles. The van der Waals surface area contributed by atoms with Gasteiger partial charge in [-0.1, -0.05) is 55.5 Å². The van der Waals surface area contributed by atoms with E-state index in [0.29, 0.717) is 13.1 Å². The van der Waals surface area contributed by atoms with Gasteiger partial charge in [0.1, 0.15) is 0 Å². The van der Waals surface area contributed by atoms with Crippen molar-refractivity contribution in [2.75, 3.05) is 11.9 Å². The number of ether oxygens (including phenoxy) is 1. The molecule has 2 aromatic rings. The Hall–Kier alpha value is -3.15. The first-order valence-corrected chi connectivity index (χ1v) is 10.3. The van der Waals surface area contributed by atoms with Crippen LogP contribution in [0.2, 0.25) is 0 Å². The molecule has 6 nitrogen and oxygen atoms in total. The van der Waals surface area contributed by atoms with Crippen molar-refractivity contribution >= 4 is 23.5 Å². The van der Waals surface area contributed by atoms with Crippen molar-refractivity contribution < 1.29 is 19.1 Å². The Balaban J connectivity index is 1.56. The first-order chi connectivity index (χ1) is 14.4. The van der Waals surface area contributed by atoms with Crippen LogP contribution >= 0.6 is 0 Å². The number of esters is 1. The summed E-state index contributed by atoms with van der Waals surface area (Å²) in [6, 6.07) is 15.5. The van der Waals surface area contributed by atoms with E-state index in [1.165, 1.54) is 0 Å². The van der Waals surface area contributed by atoms with Crippen molar-refractivity contribution in [2.24, 2.45) is 5.92 Å². The van der Waals surface area contributed by atoms with Gasteiger partial charge >= 0.3 is 5.97 Å². The molecule has 1 aliphatic rings. The average Bonchev–Trinajstić information content (AvgIpc) is 3.10. The number of likely N-dealkylation sites (tertiary alicyclic amines) is 1. The first kappa shape index (κ1) is 21.6. The molecule has 0 spiro atoms. The second kappa shape index (κ2) is 9.57. The third kappa shape index (κ3) is 5.06. The van der Waals surface area contributed by atoms with Gasteiger partial charge in [-0.25, -0.2) is 0 Å². The summed E-state index contributed by atoms with van der Waals surface area (Å²) < 4.78 is 5.40. The molecule has 1 heterocycles. The fraction of sp³-hybridized carbons (Fsp3) is 0.375. The molecule has 2 aromatic carbocycles. The highest BCUT2D eigenvalue weighted by molar-refractivity contribution is 5.97. The Morgan fingerprint density at radius 3 is 2.60 bits per heavy atom. The van der Waals surface area contributed by atoms with Crippen LogP contribution in [-0.4, -0.2) is 35.3 Å². The Bertz CT molecular complexity index is 926. The topological polar surface area (TPSA) is 75.7 Å². The predicted octanol–water partition coefficient (Wildman–Crippen LogP) is 3.48. The molecule has 30 heavy (non-hydrogen) atoms. The van der Waals surface area contributed by atoms with E-state index in [0.717, 1.165) is 28.8 Å². The number of hydrogen-bond donors (Lipinski definition) is 1. The number of para-hydroxylation sites is 1. The Labute approximate surface area is 177 Å². The molecule has 0 aliphatic carbocycles. The standard InChI is InChI=1S/C24H28N2O4/c1-4-19-12-8-9-16(2)22(19)25-23(28)17(3)30-24(29)20-13-21(27)26(15-20)14-18-10-6-5-7-11-18/h5-12,17,20H,4,13-15H2,1-3H3,(H,25,28)/t17-,20+/m1/s1. The number of carbonyl (C=O) groups excluding carboxylic acids is 3. The minimum absolute atomic E-state index is 0.0783. The monoisotopic (exact) mass is 408 g/mol. The van der Waals surface area contributed by atoms with Crippen molar-refractivity contribution in [1.82, 2.24) is 4.90 Å². The van der Waals surface area contributed by atoms with E-state index in [9.17, 15) is 14.4 Å². The van der Waals surface area contributed by atoms with Gasteiger partial charge in [0.25, 0.3) is 5.91 Å². The summed E-state index contributed by atoms with van der Waals surface area (Å²) in [7, 11) is 0.